The van der Waals surface area contributed by atoms with E-state index in [-0.39, 0.29) is 41.2 Å². The number of H-pyrrole nitrogens is 1. The van der Waals surface area contributed by atoms with Gasteiger partial charge in [-0.05, 0) is 0 Å². The van der Waals surface area contributed by atoms with E-state index in [2.05, 4.69) is 9.40 Å². The predicted molar refractivity (Wildman–Crippen MR) is 84.5 cm³/mol. The Bertz CT molecular complexity index is 763. The molecule has 9 nitrogen and oxygen atoms in total. The maximum Gasteiger partial charge on any atom is 0.416 e. The molecule has 0 aliphatic carbocycles. The van der Waals surface area contributed by atoms with Gasteiger partial charge >= 0.3 is 5.76 Å². The molecule has 134 valence electrons. The number of carbonyl (C=O) groups excluding carboxylic acids is 3. The summed E-state index contributed by atoms with van der Waals surface area (Å²) in [7, 11) is 0. The molecule has 4 heterocycles. The molecule has 0 radical (unpaired) electrons. The molecule has 4 rings (SSSR count). The Kier molecular flexibility index (Phi) is 3.66. The van der Waals surface area contributed by atoms with E-state index in [1.54, 1.807) is 9.80 Å². The van der Waals surface area contributed by atoms with E-state index in [0.29, 0.717) is 39.3 Å². The zero-order valence-electron chi connectivity index (χ0n) is 13.9. The number of rotatable bonds is 2. The number of fused-ring (bicyclic) bond motifs is 1. The minimum atomic E-state index is -0.639. The SMILES string of the molecule is CC(=O)N1CC(C(=O)N2C[C@H]3CN(C(=O)c4coc(=O)[nH]4)C[C@H]3C2)C1. The molecule has 0 spiro atoms. The molecule has 1 aromatic rings. The Labute approximate surface area is 143 Å². The van der Waals surface area contributed by atoms with E-state index in [0.717, 1.165) is 6.26 Å². The highest BCUT2D eigenvalue weighted by Gasteiger charge is 2.46. The van der Waals surface area contributed by atoms with Crippen molar-refractivity contribution in [2.75, 3.05) is 39.3 Å². The van der Waals surface area contributed by atoms with Crippen molar-refractivity contribution in [1.82, 2.24) is 19.7 Å². The lowest BCUT2D eigenvalue weighted by atomic mass is 9.98. The lowest BCUT2D eigenvalue weighted by Crippen LogP contribution is -2.55. The van der Waals surface area contributed by atoms with Crippen LogP contribution in [0.15, 0.2) is 15.5 Å². The molecule has 3 saturated heterocycles. The summed E-state index contributed by atoms with van der Waals surface area (Å²) in [6, 6.07) is 0. The molecular formula is C16H20N4O5. The molecule has 3 aliphatic rings. The molecule has 25 heavy (non-hydrogen) atoms. The molecule has 3 aliphatic heterocycles. The van der Waals surface area contributed by atoms with Crippen molar-refractivity contribution < 1.29 is 18.8 Å². The molecule has 2 atom stereocenters. The maximum absolute atomic E-state index is 12.5. The third-order valence-electron chi connectivity index (χ3n) is 5.51. The Balaban J connectivity index is 1.32. The fraction of sp³-hybridized carbons (Fsp3) is 0.625. The highest BCUT2D eigenvalue weighted by Crippen LogP contribution is 2.33. The highest BCUT2D eigenvalue weighted by molar-refractivity contribution is 5.92. The molecule has 0 saturated carbocycles. The average Bonchev–Trinajstić information content (AvgIpc) is 3.17. The molecule has 3 fully saturated rings. The van der Waals surface area contributed by atoms with Crippen LogP contribution < -0.4 is 5.76 Å². The van der Waals surface area contributed by atoms with Gasteiger partial charge in [-0.15, -0.1) is 0 Å². The topological polar surface area (TPSA) is 107 Å². The van der Waals surface area contributed by atoms with Gasteiger partial charge in [-0.25, -0.2) is 4.79 Å². The van der Waals surface area contributed by atoms with Crippen LogP contribution in [-0.2, 0) is 9.59 Å². The van der Waals surface area contributed by atoms with Crippen LogP contribution in [0, 0.1) is 17.8 Å². The first-order chi connectivity index (χ1) is 11.9. The molecule has 9 heteroatoms. The zero-order chi connectivity index (χ0) is 17.7. The maximum atomic E-state index is 12.5. The lowest BCUT2D eigenvalue weighted by molar-refractivity contribution is -0.146. The number of likely N-dealkylation sites (tertiary alicyclic amines) is 3. The van der Waals surface area contributed by atoms with Crippen molar-refractivity contribution >= 4 is 17.7 Å². The number of hydrogen-bond acceptors (Lipinski definition) is 5. The van der Waals surface area contributed by atoms with Crippen molar-refractivity contribution in [2.24, 2.45) is 17.8 Å². The van der Waals surface area contributed by atoms with Crippen LogP contribution in [0.1, 0.15) is 17.4 Å². The van der Waals surface area contributed by atoms with Gasteiger partial charge in [0.25, 0.3) is 5.91 Å². The molecular weight excluding hydrogens is 328 g/mol. The van der Waals surface area contributed by atoms with E-state index in [9.17, 15) is 19.2 Å². The standard InChI is InChI=1S/C16H20N4O5/c1-9(21)18-6-12(7-18)14(22)19-2-10-4-20(5-11(10)3-19)15(23)13-8-25-16(24)17-13/h8,10-12H,2-7H2,1H3,(H,17,24)/t10-,11+. The number of carbonyl (C=O) groups is 3. The van der Waals surface area contributed by atoms with Gasteiger partial charge in [0.15, 0.2) is 0 Å². The highest BCUT2D eigenvalue weighted by atomic mass is 16.4. The monoisotopic (exact) mass is 348 g/mol. The smallest absolute Gasteiger partial charge is 0.416 e. The summed E-state index contributed by atoms with van der Waals surface area (Å²) in [6.45, 7) is 4.98. The van der Waals surface area contributed by atoms with Gasteiger partial charge in [0.1, 0.15) is 12.0 Å². The number of oxazole rings is 1. The zero-order valence-corrected chi connectivity index (χ0v) is 13.9. The summed E-state index contributed by atoms with van der Waals surface area (Å²) in [5, 5.41) is 0. The summed E-state index contributed by atoms with van der Waals surface area (Å²) in [4.78, 5) is 54.8. The van der Waals surface area contributed by atoms with E-state index < -0.39 is 5.76 Å². The van der Waals surface area contributed by atoms with Crippen LogP contribution in [0.2, 0.25) is 0 Å². The van der Waals surface area contributed by atoms with E-state index >= 15 is 0 Å². The van der Waals surface area contributed by atoms with Gasteiger partial charge in [-0.1, -0.05) is 0 Å². The molecule has 0 unspecified atom stereocenters. The number of nitrogens with one attached hydrogen (secondary N) is 1. The number of nitrogens with zero attached hydrogens (tertiary/aromatic N) is 3. The fourth-order valence-electron chi connectivity index (χ4n) is 4.04. The van der Waals surface area contributed by atoms with Crippen molar-refractivity contribution in [3.05, 3.63) is 22.5 Å². The van der Waals surface area contributed by atoms with Crippen LogP contribution in [0.3, 0.4) is 0 Å². The molecule has 3 amide bonds. The predicted octanol–water partition coefficient (Wildman–Crippen LogP) is -1.02. The lowest BCUT2D eigenvalue weighted by Gasteiger charge is -2.39. The van der Waals surface area contributed by atoms with Crippen molar-refractivity contribution in [2.45, 2.75) is 6.92 Å². The van der Waals surface area contributed by atoms with Crippen LogP contribution in [0.25, 0.3) is 0 Å². The van der Waals surface area contributed by atoms with E-state index in [4.69, 9.17) is 0 Å². The first-order valence-electron chi connectivity index (χ1n) is 8.43. The Hall–Kier alpha value is -2.58. The van der Waals surface area contributed by atoms with Gasteiger partial charge in [-0.2, -0.15) is 0 Å². The summed E-state index contributed by atoms with van der Waals surface area (Å²) in [5.41, 5.74) is 0.164. The Morgan fingerprint density at radius 1 is 1.00 bits per heavy atom. The second-order valence-corrected chi connectivity index (χ2v) is 7.16. The third-order valence-corrected chi connectivity index (χ3v) is 5.51. The van der Waals surface area contributed by atoms with Crippen molar-refractivity contribution in [3.8, 4) is 0 Å². The van der Waals surface area contributed by atoms with Crippen molar-refractivity contribution in [1.29, 1.82) is 0 Å². The summed E-state index contributed by atoms with van der Waals surface area (Å²) < 4.78 is 4.62. The Morgan fingerprint density at radius 3 is 2.12 bits per heavy atom. The van der Waals surface area contributed by atoms with Gasteiger partial charge in [0.2, 0.25) is 11.8 Å². The molecule has 1 N–H and O–H groups in total. The quantitative estimate of drug-likeness (QED) is 0.736. The third kappa shape index (κ3) is 2.73. The Morgan fingerprint density at radius 2 is 1.60 bits per heavy atom. The molecule has 0 aromatic carbocycles. The first-order valence-corrected chi connectivity index (χ1v) is 8.43. The summed E-state index contributed by atoms with van der Waals surface area (Å²) >= 11 is 0. The van der Waals surface area contributed by atoms with Gasteiger partial charge in [0.05, 0.1) is 5.92 Å². The van der Waals surface area contributed by atoms with E-state index in [1.807, 2.05) is 4.90 Å². The van der Waals surface area contributed by atoms with Gasteiger partial charge in [0, 0.05) is 58.0 Å². The first kappa shape index (κ1) is 15.9. The van der Waals surface area contributed by atoms with Crippen LogP contribution in [-0.4, -0.2) is 76.7 Å². The summed E-state index contributed by atoms with van der Waals surface area (Å²) in [5.74, 6) is -0.325. The van der Waals surface area contributed by atoms with Gasteiger partial charge < -0.3 is 19.1 Å². The van der Waals surface area contributed by atoms with E-state index in [1.165, 1.54) is 6.92 Å². The second kappa shape index (κ2) is 5.75. The minimum Gasteiger partial charge on any atom is -0.416 e. The normalized spacial score (nSPS) is 25.9. The fourth-order valence-corrected chi connectivity index (χ4v) is 4.04. The largest absolute Gasteiger partial charge is 0.416 e. The summed E-state index contributed by atoms with van der Waals surface area (Å²) in [6.07, 6.45) is 1.14. The number of aromatic nitrogens is 1. The second-order valence-electron chi connectivity index (χ2n) is 7.16. The van der Waals surface area contributed by atoms with Crippen LogP contribution >= 0.6 is 0 Å². The van der Waals surface area contributed by atoms with Crippen LogP contribution in [0.5, 0.6) is 0 Å². The van der Waals surface area contributed by atoms with Crippen molar-refractivity contribution in [3.63, 3.8) is 0 Å². The van der Waals surface area contributed by atoms with Gasteiger partial charge in [-0.3, -0.25) is 19.4 Å². The number of amides is 3. The van der Waals surface area contributed by atoms with Crippen LogP contribution in [0.4, 0.5) is 0 Å². The minimum absolute atomic E-state index is 0.00813. The molecule has 1 aromatic heterocycles. The number of aromatic amines is 1. The number of hydrogen-bond donors (Lipinski definition) is 1. The average molecular weight is 348 g/mol. The molecule has 0 bridgehead atoms.